The Morgan fingerprint density at radius 1 is 1.06 bits per heavy atom. The van der Waals surface area contributed by atoms with E-state index in [1.807, 2.05) is 33.0 Å². The minimum Gasteiger partial charge on any atom is -0.444 e. The highest BCUT2D eigenvalue weighted by atomic mass is 16.6. The number of benzene rings is 2. The molecule has 0 aliphatic carbocycles. The number of H-pyrrole nitrogens is 1. The van der Waals surface area contributed by atoms with E-state index >= 15 is 0 Å². The number of aryl methyl sites for hydroxylation is 1. The van der Waals surface area contributed by atoms with Crippen molar-refractivity contribution in [2.24, 2.45) is 5.73 Å². The third kappa shape index (κ3) is 4.49. The first-order valence-corrected chi connectivity index (χ1v) is 11.1. The van der Waals surface area contributed by atoms with Crippen LogP contribution >= 0.6 is 0 Å². The van der Waals surface area contributed by atoms with E-state index in [-0.39, 0.29) is 12.0 Å². The number of piperidine rings is 1. The molecule has 6 nitrogen and oxygen atoms in total. The highest BCUT2D eigenvalue weighted by Crippen LogP contribution is 2.37. The van der Waals surface area contributed by atoms with Crippen molar-refractivity contribution in [3.8, 4) is 11.1 Å². The highest BCUT2D eigenvalue weighted by molar-refractivity contribution is 6.07. The SMILES string of the molecule is Cc1ccc(-c2cc(C(N)=O)c3[nH]cc(C4CCN(C(=O)OC(C)(C)C)CC4)c3c2)cc1. The van der Waals surface area contributed by atoms with Crippen LogP contribution in [0.5, 0.6) is 0 Å². The molecule has 32 heavy (non-hydrogen) atoms. The zero-order chi connectivity index (χ0) is 23.0. The lowest BCUT2D eigenvalue weighted by molar-refractivity contribution is 0.0205. The summed E-state index contributed by atoms with van der Waals surface area (Å²) in [7, 11) is 0. The molecule has 0 atom stereocenters. The number of carbonyl (C=O) groups excluding carboxylic acids is 2. The van der Waals surface area contributed by atoms with Gasteiger partial charge in [0.15, 0.2) is 0 Å². The van der Waals surface area contributed by atoms with Crippen molar-refractivity contribution in [3.63, 3.8) is 0 Å². The second-order valence-electron chi connectivity index (χ2n) is 9.66. The molecule has 2 heterocycles. The summed E-state index contributed by atoms with van der Waals surface area (Å²) in [6.45, 7) is 8.98. The number of nitrogens with two attached hydrogens (primary N) is 1. The zero-order valence-corrected chi connectivity index (χ0v) is 19.2. The van der Waals surface area contributed by atoms with Crippen molar-refractivity contribution in [1.29, 1.82) is 0 Å². The molecule has 2 amide bonds. The Hall–Kier alpha value is -3.28. The largest absolute Gasteiger partial charge is 0.444 e. The van der Waals surface area contributed by atoms with Crippen molar-refractivity contribution in [3.05, 3.63) is 59.3 Å². The predicted molar refractivity (Wildman–Crippen MR) is 127 cm³/mol. The van der Waals surface area contributed by atoms with Gasteiger partial charge in [-0.05, 0) is 75.3 Å². The second kappa shape index (κ2) is 8.34. The monoisotopic (exact) mass is 433 g/mol. The van der Waals surface area contributed by atoms with Crippen molar-refractivity contribution < 1.29 is 14.3 Å². The molecule has 6 heteroatoms. The first kappa shape index (κ1) is 21.9. The van der Waals surface area contributed by atoms with E-state index in [0.29, 0.717) is 18.7 Å². The summed E-state index contributed by atoms with van der Waals surface area (Å²) < 4.78 is 5.52. The molecule has 4 rings (SSSR count). The summed E-state index contributed by atoms with van der Waals surface area (Å²) in [5.41, 5.74) is 10.9. The van der Waals surface area contributed by atoms with Gasteiger partial charge in [-0.15, -0.1) is 0 Å². The first-order valence-electron chi connectivity index (χ1n) is 11.1. The van der Waals surface area contributed by atoms with Crippen LogP contribution in [0.15, 0.2) is 42.6 Å². The van der Waals surface area contributed by atoms with E-state index in [0.717, 1.165) is 34.9 Å². The van der Waals surface area contributed by atoms with Gasteiger partial charge in [-0.1, -0.05) is 29.8 Å². The Balaban J connectivity index is 1.63. The van der Waals surface area contributed by atoms with Crippen LogP contribution in [-0.4, -0.2) is 40.6 Å². The van der Waals surface area contributed by atoms with Crippen LogP contribution in [0.1, 0.15) is 61.0 Å². The Kier molecular flexibility index (Phi) is 5.71. The van der Waals surface area contributed by atoms with Gasteiger partial charge < -0.3 is 20.4 Å². The smallest absolute Gasteiger partial charge is 0.410 e. The molecule has 0 saturated carbocycles. The highest BCUT2D eigenvalue weighted by Gasteiger charge is 2.29. The number of aromatic amines is 1. The number of hydrogen-bond acceptors (Lipinski definition) is 3. The van der Waals surface area contributed by atoms with Crippen LogP contribution in [0.4, 0.5) is 4.79 Å². The third-order valence-electron chi connectivity index (χ3n) is 6.06. The summed E-state index contributed by atoms with van der Waals surface area (Å²) in [6.07, 6.45) is 3.41. The molecule has 0 radical (unpaired) electrons. The van der Waals surface area contributed by atoms with E-state index in [2.05, 4.69) is 42.2 Å². The average Bonchev–Trinajstić information content (AvgIpc) is 3.16. The number of primary amides is 1. The predicted octanol–water partition coefficient (Wildman–Crippen LogP) is 5.36. The fourth-order valence-corrected chi connectivity index (χ4v) is 4.40. The van der Waals surface area contributed by atoms with Crippen LogP contribution in [-0.2, 0) is 4.74 Å². The Morgan fingerprint density at radius 2 is 1.72 bits per heavy atom. The molecule has 1 saturated heterocycles. The Labute approximate surface area is 188 Å². The fourth-order valence-electron chi connectivity index (χ4n) is 4.40. The molecular weight excluding hydrogens is 402 g/mol. The number of nitrogens with one attached hydrogen (secondary N) is 1. The zero-order valence-electron chi connectivity index (χ0n) is 19.2. The lowest BCUT2D eigenvalue weighted by Gasteiger charge is -2.33. The fraction of sp³-hybridized carbons (Fsp3) is 0.385. The number of likely N-dealkylation sites (tertiary alicyclic amines) is 1. The molecule has 168 valence electrons. The lowest BCUT2D eigenvalue weighted by atomic mass is 9.88. The number of carbonyl (C=O) groups is 2. The quantitative estimate of drug-likeness (QED) is 0.583. The summed E-state index contributed by atoms with van der Waals surface area (Å²) in [4.78, 5) is 29.7. The molecule has 0 unspecified atom stereocenters. The maximum atomic E-state index is 12.4. The minimum atomic E-state index is -0.498. The van der Waals surface area contributed by atoms with Crippen molar-refractivity contribution in [2.75, 3.05) is 13.1 Å². The third-order valence-corrected chi connectivity index (χ3v) is 6.06. The summed E-state index contributed by atoms with van der Waals surface area (Å²) in [5.74, 6) is -0.159. The maximum absolute atomic E-state index is 12.4. The second-order valence-corrected chi connectivity index (χ2v) is 9.66. The lowest BCUT2D eigenvalue weighted by Crippen LogP contribution is -2.41. The molecule has 1 aliphatic rings. The van der Waals surface area contributed by atoms with E-state index < -0.39 is 11.5 Å². The van der Waals surface area contributed by atoms with Crippen LogP contribution < -0.4 is 5.73 Å². The molecule has 3 N–H and O–H groups in total. The summed E-state index contributed by atoms with van der Waals surface area (Å²) in [6, 6.07) is 12.3. The molecule has 2 aromatic carbocycles. The topological polar surface area (TPSA) is 88.4 Å². The Morgan fingerprint density at radius 3 is 2.31 bits per heavy atom. The van der Waals surface area contributed by atoms with Gasteiger partial charge in [0.05, 0.1) is 11.1 Å². The van der Waals surface area contributed by atoms with Gasteiger partial charge in [0, 0.05) is 24.7 Å². The van der Waals surface area contributed by atoms with Crippen molar-refractivity contribution in [2.45, 2.75) is 52.1 Å². The van der Waals surface area contributed by atoms with Crippen LogP contribution in [0.25, 0.3) is 22.0 Å². The van der Waals surface area contributed by atoms with Gasteiger partial charge in [0.25, 0.3) is 5.91 Å². The summed E-state index contributed by atoms with van der Waals surface area (Å²) in [5, 5.41) is 1.02. The standard InChI is InChI=1S/C26H31N3O3/c1-16-5-7-17(8-6-16)19-13-20-22(15-28-23(20)21(14-19)24(27)30)18-9-11-29(12-10-18)25(31)32-26(2,3)4/h5-8,13-15,18,28H,9-12H2,1-4H3,(H2,27,30). The van der Waals surface area contributed by atoms with Crippen LogP contribution in [0.3, 0.4) is 0 Å². The van der Waals surface area contributed by atoms with Gasteiger partial charge in [0.1, 0.15) is 5.60 Å². The molecular formula is C26H31N3O3. The van der Waals surface area contributed by atoms with Crippen molar-refractivity contribution >= 4 is 22.9 Å². The van der Waals surface area contributed by atoms with Gasteiger partial charge in [-0.2, -0.15) is 0 Å². The molecule has 3 aromatic rings. The van der Waals surface area contributed by atoms with Gasteiger partial charge in [-0.3, -0.25) is 4.79 Å². The number of rotatable bonds is 3. The number of ether oxygens (including phenoxy) is 1. The van der Waals surface area contributed by atoms with Crippen LogP contribution in [0, 0.1) is 6.92 Å². The average molecular weight is 434 g/mol. The Bertz CT molecular complexity index is 1150. The number of nitrogens with zero attached hydrogens (tertiary/aromatic N) is 1. The summed E-state index contributed by atoms with van der Waals surface area (Å²) >= 11 is 0. The number of fused-ring (bicyclic) bond motifs is 1. The molecule has 0 spiro atoms. The number of aromatic nitrogens is 1. The molecule has 1 fully saturated rings. The molecule has 1 aliphatic heterocycles. The van der Waals surface area contributed by atoms with Gasteiger partial charge in [0.2, 0.25) is 0 Å². The first-order chi connectivity index (χ1) is 15.1. The van der Waals surface area contributed by atoms with E-state index in [1.165, 1.54) is 11.1 Å². The molecule has 1 aromatic heterocycles. The minimum absolute atomic E-state index is 0.257. The van der Waals surface area contributed by atoms with E-state index in [9.17, 15) is 9.59 Å². The van der Waals surface area contributed by atoms with E-state index in [1.54, 1.807) is 4.90 Å². The van der Waals surface area contributed by atoms with Crippen LogP contribution in [0.2, 0.25) is 0 Å². The normalized spacial score (nSPS) is 15.2. The molecule has 0 bridgehead atoms. The number of hydrogen-bond donors (Lipinski definition) is 2. The van der Waals surface area contributed by atoms with Gasteiger partial charge >= 0.3 is 6.09 Å². The maximum Gasteiger partial charge on any atom is 0.410 e. The van der Waals surface area contributed by atoms with E-state index in [4.69, 9.17) is 10.5 Å². The number of amides is 2. The van der Waals surface area contributed by atoms with Crippen molar-refractivity contribution in [1.82, 2.24) is 9.88 Å². The van der Waals surface area contributed by atoms with Gasteiger partial charge in [-0.25, -0.2) is 4.79 Å².